The van der Waals surface area contributed by atoms with Crippen LogP contribution in [-0.2, 0) is 4.79 Å². The lowest BCUT2D eigenvalue weighted by molar-refractivity contribution is -0.142. The Labute approximate surface area is 79.8 Å². The monoisotopic (exact) mass is 188 g/mol. The van der Waals surface area contributed by atoms with Gasteiger partial charge in [0.25, 0.3) is 0 Å². The number of hydrogen-bond acceptors (Lipinski definition) is 2. The van der Waals surface area contributed by atoms with E-state index in [1.165, 1.54) is 0 Å². The summed E-state index contributed by atoms with van der Waals surface area (Å²) in [4.78, 5) is 10.6. The van der Waals surface area contributed by atoms with Gasteiger partial charge in [-0.25, -0.2) is 0 Å². The van der Waals surface area contributed by atoms with Crippen molar-refractivity contribution in [2.75, 3.05) is 6.61 Å². The molecule has 3 nitrogen and oxygen atoms in total. The summed E-state index contributed by atoms with van der Waals surface area (Å²) in [6.45, 7) is 7.78. The predicted octanol–water partition coefficient (Wildman–Crippen LogP) is 1.75. The highest BCUT2D eigenvalue weighted by Crippen LogP contribution is 2.30. The maximum atomic E-state index is 10.6. The van der Waals surface area contributed by atoms with Gasteiger partial charge < -0.3 is 10.2 Å². The molecule has 0 bridgehead atoms. The molecule has 2 atom stereocenters. The van der Waals surface area contributed by atoms with E-state index in [0.717, 1.165) is 0 Å². The first-order valence-electron chi connectivity index (χ1n) is 4.62. The molecule has 0 aromatic heterocycles. The molecular formula is C10H20O3. The van der Waals surface area contributed by atoms with Gasteiger partial charge in [-0.15, -0.1) is 0 Å². The van der Waals surface area contributed by atoms with Gasteiger partial charge >= 0.3 is 5.97 Å². The Bertz CT molecular complexity index is 169. The molecule has 0 aromatic rings. The second kappa shape index (κ2) is 4.61. The van der Waals surface area contributed by atoms with Crippen LogP contribution in [0.3, 0.4) is 0 Å². The van der Waals surface area contributed by atoms with Gasteiger partial charge in [-0.3, -0.25) is 4.79 Å². The fraction of sp³-hybridized carbons (Fsp3) is 0.900. The van der Waals surface area contributed by atoms with Crippen molar-refractivity contribution in [3.63, 3.8) is 0 Å². The number of carboxylic acids is 1. The minimum absolute atomic E-state index is 0.0293. The smallest absolute Gasteiger partial charge is 0.306 e. The van der Waals surface area contributed by atoms with Crippen LogP contribution in [0.5, 0.6) is 0 Å². The molecule has 0 aliphatic heterocycles. The Balaban J connectivity index is 4.22. The van der Waals surface area contributed by atoms with Crippen molar-refractivity contribution < 1.29 is 15.0 Å². The fourth-order valence-corrected chi connectivity index (χ4v) is 1.23. The Morgan fingerprint density at radius 1 is 1.38 bits per heavy atom. The molecule has 0 aromatic carbocycles. The average Bonchev–Trinajstić information content (AvgIpc) is 1.96. The van der Waals surface area contributed by atoms with E-state index in [0.29, 0.717) is 6.42 Å². The van der Waals surface area contributed by atoms with Gasteiger partial charge in [0.2, 0.25) is 0 Å². The molecule has 0 aliphatic rings. The summed E-state index contributed by atoms with van der Waals surface area (Å²) in [5.74, 6) is -1.11. The van der Waals surface area contributed by atoms with Gasteiger partial charge in [0, 0.05) is 6.61 Å². The lowest BCUT2D eigenvalue weighted by Crippen LogP contribution is -2.27. The Hall–Kier alpha value is -0.570. The molecule has 0 amide bonds. The zero-order chi connectivity index (χ0) is 10.6. The summed E-state index contributed by atoms with van der Waals surface area (Å²) in [6, 6.07) is 0. The zero-order valence-corrected chi connectivity index (χ0v) is 8.87. The zero-order valence-electron chi connectivity index (χ0n) is 8.87. The van der Waals surface area contributed by atoms with Crippen molar-refractivity contribution in [1.82, 2.24) is 0 Å². The quantitative estimate of drug-likeness (QED) is 0.706. The van der Waals surface area contributed by atoms with E-state index >= 15 is 0 Å². The molecule has 13 heavy (non-hydrogen) atoms. The minimum Gasteiger partial charge on any atom is -0.481 e. The average molecular weight is 188 g/mol. The van der Waals surface area contributed by atoms with Crippen LogP contribution >= 0.6 is 0 Å². The minimum atomic E-state index is -0.789. The molecule has 0 aliphatic carbocycles. The predicted molar refractivity (Wildman–Crippen MR) is 51.4 cm³/mol. The van der Waals surface area contributed by atoms with Crippen molar-refractivity contribution in [1.29, 1.82) is 0 Å². The molecule has 0 rings (SSSR count). The number of aliphatic hydroxyl groups is 1. The largest absolute Gasteiger partial charge is 0.481 e. The topological polar surface area (TPSA) is 57.5 Å². The lowest BCUT2D eigenvalue weighted by atomic mass is 9.76. The Morgan fingerprint density at radius 3 is 2.08 bits per heavy atom. The highest BCUT2D eigenvalue weighted by molar-refractivity contribution is 5.69. The SMILES string of the molecule is C[C@@H](C[C@@H](CO)C(C)(C)C)C(=O)O. The van der Waals surface area contributed by atoms with Crippen LogP contribution in [0.4, 0.5) is 0 Å². The van der Waals surface area contributed by atoms with Crippen molar-refractivity contribution in [3.8, 4) is 0 Å². The van der Waals surface area contributed by atoms with E-state index in [1.807, 2.05) is 20.8 Å². The van der Waals surface area contributed by atoms with Crippen LogP contribution in [0, 0.1) is 17.3 Å². The number of aliphatic carboxylic acids is 1. The van der Waals surface area contributed by atoms with Crippen LogP contribution < -0.4 is 0 Å². The number of carboxylic acid groups (broad SMARTS) is 1. The van der Waals surface area contributed by atoms with E-state index in [-0.39, 0.29) is 23.9 Å². The molecule has 78 valence electrons. The van der Waals surface area contributed by atoms with Crippen LogP contribution in [0.15, 0.2) is 0 Å². The Morgan fingerprint density at radius 2 is 1.85 bits per heavy atom. The van der Waals surface area contributed by atoms with Crippen molar-refractivity contribution in [3.05, 3.63) is 0 Å². The fourth-order valence-electron chi connectivity index (χ4n) is 1.23. The number of aliphatic hydroxyl groups excluding tert-OH is 1. The number of carbonyl (C=O) groups is 1. The highest BCUT2D eigenvalue weighted by Gasteiger charge is 2.27. The van der Waals surface area contributed by atoms with E-state index in [4.69, 9.17) is 10.2 Å². The first-order chi connectivity index (χ1) is 5.79. The van der Waals surface area contributed by atoms with Crippen molar-refractivity contribution in [2.24, 2.45) is 17.3 Å². The molecule has 0 unspecified atom stereocenters. The molecule has 0 fully saturated rings. The van der Waals surface area contributed by atoms with E-state index in [9.17, 15) is 4.79 Å². The maximum absolute atomic E-state index is 10.6. The van der Waals surface area contributed by atoms with Gasteiger partial charge in [-0.2, -0.15) is 0 Å². The number of rotatable bonds is 4. The Kier molecular flexibility index (Phi) is 4.40. The summed E-state index contributed by atoms with van der Waals surface area (Å²) in [5, 5.41) is 17.8. The van der Waals surface area contributed by atoms with Gasteiger partial charge in [-0.1, -0.05) is 27.7 Å². The van der Waals surface area contributed by atoms with Gasteiger partial charge in [0.1, 0.15) is 0 Å². The molecule has 3 heteroatoms. The van der Waals surface area contributed by atoms with Gasteiger partial charge in [0.15, 0.2) is 0 Å². The van der Waals surface area contributed by atoms with Crippen LogP contribution in [-0.4, -0.2) is 22.8 Å². The highest BCUT2D eigenvalue weighted by atomic mass is 16.4. The molecule has 0 saturated heterocycles. The van der Waals surface area contributed by atoms with Crippen molar-refractivity contribution >= 4 is 5.97 Å². The summed E-state index contributed by atoms with van der Waals surface area (Å²) in [7, 11) is 0. The third-order valence-corrected chi connectivity index (χ3v) is 2.50. The van der Waals surface area contributed by atoms with E-state index in [1.54, 1.807) is 6.92 Å². The normalized spacial score (nSPS) is 16.7. The van der Waals surface area contributed by atoms with Gasteiger partial charge in [-0.05, 0) is 17.8 Å². The molecule has 0 spiro atoms. The maximum Gasteiger partial charge on any atom is 0.306 e. The second-order valence-corrected chi connectivity index (χ2v) is 4.72. The first-order valence-corrected chi connectivity index (χ1v) is 4.62. The van der Waals surface area contributed by atoms with E-state index in [2.05, 4.69) is 0 Å². The third kappa shape index (κ3) is 4.27. The molecule has 0 saturated carbocycles. The van der Waals surface area contributed by atoms with Crippen molar-refractivity contribution in [2.45, 2.75) is 34.1 Å². The summed E-state index contributed by atoms with van der Waals surface area (Å²) in [6.07, 6.45) is 0.537. The van der Waals surface area contributed by atoms with Gasteiger partial charge in [0.05, 0.1) is 5.92 Å². The van der Waals surface area contributed by atoms with Crippen LogP contribution in [0.2, 0.25) is 0 Å². The number of hydrogen-bond donors (Lipinski definition) is 2. The molecular weight excluding hydrogens is 168 g/mol. The molecule has 0 heterocycles. The summed E-state index contributed by atoms with van der Waals surface area (Å²) < 4.78 is 0. The summed E-state index contributed by atoms with van der Waals surface area (Å²) in [5.41, 5.74) is -0.0293. The third-order valence-electron chi connectivity index (χ3n) is 2.50. The first kappa shape index (κ1) is 12.4. The molecule has 2 N–H and O–H groups in total. The molecule has 0 radical (unpaired) electrons. The standard InChI is InChI=1S/C10H20O3/c1-7(9(12)13)5-8(6-11)10(2,3)4/h7-8,11H,5-6H2,1-4H3,(H,12,13)/t7-,8-/m0/s1. The summed E-state index contributed by atoms with van der Waals surface area (Å²) >= 11 is 0. The lowest BCUT2D eigenvalue weighted by Gasteiger charge is -2.30. The second-order valence-electron chi connectivity index (χ2n) is 4.72. The van der Waals surface area contributed by atoms with Crippen LogP contribution in [0.25, 0.3) is 0 Å². The van der Waals surface area contributed by atoms with Crippen LogP contribution in [0.1, 0.15) is 34.1 Å². The van der Waals surface area contributed by atoms with E-state index < -0.39 is 5.97 Å².